The number of aromatic nitrogens is 1. The van der Waals surface area contributed by atoms with E-state index in [1.807, 2.05) is 57.2 Å². The predicted octanol–water partition coefficient (Wildman–Crippen LogP) is 2.66. The summed E-state index contributed by atoms with van der Waals surface area (Å²) in [5, 5.41) is 6.25. The van der Waals surface area contributed by atoms with Crippen LogP contribution in [0.25, 0.3) is 0 Å². The summed E-state index contributed by atoms with van der Waals surface area (Å²) in [6, 6.07) is 11.7. The number of pyridine rings is 1. The lowest BCUT2D eigenvalue weighted by molar-refractivity contribution is -0.124. The largest absolute Gasteiger partial charge is 0.484 e. The first-order valence-electron chi connectivity index (χ1n) is 8.05. The van der Waals surface area contributed by atoms with Gasteiger partial charge in [-0.05, 0) is 56.2 Å². The van der Waals surface area contributed by atoms with Gasteiger partial charge in [-0.15, -0.1) is 0 Å². The average Bonchev–Trinajstić information content (AvgIpc) is 2.53. The molecule has 0 aliphatic heterocycles. The molecular formula is C19H25N3O2. The molecule has 2 aromatic rings. The molecule has 24 heavy (non-hydrogen) atoms. The molecule has 0 radical (unpaired) electrons. The fraction of sp³-hybridized carbons (Fsp3) is 0.368. The fourth-order valence-corrected chi connectivity index (χ4v) is 2.16. The van der Waals surface area contributed by atoms with Gasteiger partial charge in [0, 0.05) is 31.0 Å². The van der Waals surface area contributed by atoms with Crippen LogP contribution in [0.1, 0.15) is 31.9 Å². The molecule has 0 spiro atoms. The van der Waals surface area contributed by atoms with Gasteiger partial charge in [-0.1, -0.05) is 12.1 Å². The van der Waals surface area contributed by atoms with Gasteiger partial charge in [-0.2, -0.15) is 0 Å². The van der Waals surface area contributed by atoms with Crippen LogP contribution in [0.3, 0.4) is 0 Å². The van der Waals surface area contributed by atoms with Gasteiger partial charge in [0.1, 0.15) is 5.75 Å². The number of amides is 1. The van der Waals surface area contributed by atoms with Gasteiger partial charge < -0.3 is 15.4 Å². The van der Waals surface area contributed by atoms with Crippen LogP contribution in [-0.4, -0.2) is 23.0 Å². The van der Waals surface area contributed by atoms with Gasteiger partial charge in [-0.3, -0.25) is 9.78 Å². The number of benzene rings is 1. The smallest absolute Gasteiger partial charge is 0.258 e. The summed E-state index contributed by atoms with van der Waals surface area (Å²) >= 11 is 0. The summed E-state index contributed by atoms with van der Waals surface area (Å²) in [7, 11) is 0. The van der Waals surface area contributed by atoms with E-state index < -0.39 is 0 Å². The van der Waals surface area contributed by atoms with Gasteiger partial charge in [0.2, 0.25) is 0 Å². The molecule has 0 atom stereocenters. The minimum absolute atomic E-state index is 0.0247. The lowest BCUT2D eigenvalue weighted by Gasteiger charge is -2.20. The molecule has 5 heteroatoms. The molecule has 1 aromatic carbocycles. The molecule has 0 aliphatic rings. The highest BCUT2D eigenvalue weighted by Gasteiger charge is 2.13. The Morgan fingerprint density at radius 2 is 1.58 bits per heavy atom. The zero-order valence-corrected chi connectivity index (χ0v) is 14.5. The highest BCUT2D eigenvalue weighted by atomic mass is 16.5. The van der Waals surface area contributed by atoms with Gasteiger partial charge in [0.05, 0.1) is 0 Å². The monoisotopic (exact) mass is 327 g/mol. The Morgan fingerprint density at radius 1 is 1.00 bits per heavy atom. The molecule has 0 unspecified atom stereocenters. The van der Waals surface area contributed by atoms with Crippen molar-refractivity contribution in [2.45, 2.75) is 39.4 Å². The van der Waals surface area contributed by atoms with Crippen LogP contribution in [0.4, 0.5) is 0 Å². The van der Waals surface area contributed by atoms with Crippen molar-refractivity contribution in [2.24, 2.45) is 0 Å². The first-order chi connectivity index (χ1) is 11.4. The highest BCUT2D eigenvalue weighted by Crippen LogP contribution is 2.12. The Morgan fingerprint density at radius 3 is 2.17 bits per heavy atom. The van der Waals surface area contributed by atoms with Crippen molar-refractivity contribution in [3.8, 4) is 5.75 Å². The molecule has 1 amide bonds. The van der Waals surface area contributed by atoms with Crippen molar-refractivity contribution < 1.29 is 9.53 Å². The second-order valence-electron chi connectivity index (χ2n) is 6.69. The zero-order valence-electron chi connectivity index (χ0n) is 14.5. The van der Waals surface area contributed by atoms with Crippen LogP contribution in [0.15, 0.2) is 48.8 Å². The maximum absolute atomic E-state index is 11.7. The van der Waals surface area contributed by atoms with Crippen LogP contribution in [0.2, 0.25) is 0 Å². The van der Waals surface area contributed by atoms with E-state index in [4.69, 9.17) is 4.74 Å². The standard InChI is InChI=1S/C19H25N3O2/c1-19(2,3)22-18(23)14-24-17-6-4-15(5-7-17)12-21-13-16-8-10-20-11-9-16/h4-11,21H,12-14H2,1-3H3,(H,22,23). The van der Waals surface area contributed by atoms with Crippen molar-refractivity contribution in [1.82, 2.24) is 15.6 Å². The van der Waals surface area contributed by atoms with E-state index >= 15 is 0 Å². The van der Waals surface area contributed by atoms with Crippen molar-refractivity contribution in [3.05, 3.63) is 59.9 Å². The SMILES string of the molecule is CC(C)(C)NC(=O)COc1ccc(CNCc2ccncc2)cc1. The quantitative estimate of drug-likeness (QED) is 0.821. The first kappa shape index (κ1) is 17.9. The van der Waals surface area contributed by atoms with E-state index in [0.29, 0.717) is 5.75 Å². The Balaban J connectivity index is 1.73. The van der Waals surface area contributed by atoms with Gasteiger partial charge >= 0.3 is 0 Å². The summed E-state index contributed by atoms with van der Waals surface area (Å²) in [4.78, 5) is 15.7. The third kappa shape index (κ3) is 6.79. The molecule has 128 valence electrons. The molecule has 0 saturated carbocycles. The number of hydrogen-bond acceptors (Lipinski definition) is 4. The van der Waals surface area contributed by atoms with Crippen LogP contribution in [0.5, 0.6) is 5.75 Å². The highest BCUT2D eigenvalue weighted by molar-refractivity contribution is 5.78. The Kier molecular flexibility index (Phi) is 6.32. The average molecular weight is 327 g/mol. The molecule has 0 aliphatic carbocycles. The number of nitrogens with one attached hydrogen (secondary N) is 2. The van der Waals surface area contributed by atoms with Gasteiger partial charge in [0.15, 0.2) is 6.61 Å². The third-order valence-electron chi connectivity index (χ3n) is 3.22. The van der Waals surface area contributed by atoms with E-state index in [1.54, 1.807) is 12.4 Å². The van der Waals surface area contributed by atoms with Crippen LogP contribution in [-0.2, 0) is 17.9 Å². The molecule has 2 N–H and O–H groups in total. The topological polar surface area (TPSA) is 63.2 Å². The lowest BCUT2D eigenvalue weighted by Crippen LogP contribution is -2.43. The van der Waals surface area contributed by atoms with Crippen LogP contribution < -0.4 is 15.4 Å². The molecule has 2 rings (SSSR count). The fourth-order valence-electron chi connectivity index (χ4n) is 2.16. The minimum Gasteiger partial charge on any atom is -0.484 e. The molecule has 0 bridgehead atoms. The number of nitrogens with zero attached hydrogens (tertiary/aromatic N) is 1. The van der Waals surface area contributed by atoms with E-state index in [1.165, 1.54) is 5.56 Å². The summed E-state index contributed by atoms with van der Waals surface area (Å²) in [6.45, 7) is 7.42. The summed E-state index contributed by atoms with van der Waals surface area (Å²) in [6.07, 6.45) is 3.58. The van der Waals surface area contributed by atoms with Crippen LogP contribution >= 0.6 is 0 Å². The van der Waals surface area contributed by atoms with Crippen molar-refractivity contribution in [2.75, 3.05) is 6.61 Å². The Labute approximate surface area is 143 Å². The third-order valence-corrected chi connectivity index (χ3v) is 3.22. The summed E-state index contributed by atoms with van der Waals surface area (Å²) < 4.78 is 5.50. The maximum atomic E-state index is 11.7. The van der Waals surface area contributed by atoms with Crippen molar-refractivity contribution in [3.63, 3.8) is 0 Å². The van der Waals surface area contributed by atoms with Gasteiger partial charge in [0.25, 0.3) is 5.91 Å². The number of carbonyl (C=O) groups is 1. The molecular weight excluding hydrogens is 302 g/mol. The van der Waals surface area contributed by atoms with E-state index in [2.05, 4.69) is 15.6 Å². The van der Waals surface area contributed by atoms with E-state index in [9.17, 15) is 4.79 Å². The van der Waals surface area contributed by atoms with E-state index in [0.717, 1.165) is 18.7 Å². The zero-order chi connectivity index (χ0) is 17.4. The maximum Gasteiger partial charge on any atom is 0.258 e. The first-order valence-corrected chi connectivity index (χ1v) is 8.05. The number of hydrogen-bond donors (Lipinski definition) is 2. The summed E-state index contributed by atoms with van der Waals surface area (Å²) in [5.74, 6) is 0.572. The second kappa shape index (κ2) is 8.45. The normalized spacial score (nSPS) is 11.1. The van der Waals surface area contributed by atoms with Crippen molar-refractivity contribution >= 4 is 5.91 Å². The summed E-state index contributed by atoms with van der Waals surface area (Å²) in [5.41, 5.74) is 2.12. The molecule has 5 nitrogen and oxygen atoms in total. The predicted molar refractivity (Wildman–Crippen MR) is 94.6 cm³/mol. The van der Waals surface area contributed by atoms with Crippen molar-refractivity contribution in [1.29, 1.82) is 0 Å². The second-order valence-corrected chi connectivity index (χ2v) is 6.69. The minimum atomic E-state index is -0.245. The molecule has 1 heterocycles. The molecule has 0 fully saturated rings. The Hall–Kier alpha value is -2.40. The van der Waals surface area contributed by atoms with E-state index in [-0.39, 0.29) is 18.1 Å². The Bertz CT molecular complexity index is 634. The number of ether oxygens (including phenoxy) is 1. The molecule has 1 aromatic heterocycles. The number of carbonyl (C=O) groups excluding carboxylic acids is 1. The van der Waals surface area contributed by atoms with Gasteiger partial charge in [-0.25, -0.2) is 0 Å². The molecule has 0 saturated heterocycles. The lowest BCUT2D eigenvalue weighted by atomic mass is 10.1. The number of rotatable bonds is 7. The van der Waals surface area contributed by atoms with Crippen LogP contribution in [0, 0.1) is 0 Å².